The molecule has 0 aromatic rings. The maximum atomic E-state index is 10.8. The number of rotatable bonds is 8. The first-order valence-corrected chi connectivity index (χ1v) is 8.45. The molecule has 88 valence electrons. The topological polar surface area (TPSA) is 66.4 Å². The van der Waals surface area contributed by atoms with Gasteiger partial charge in [0.05, 0.1) is 0 Å². The van der Waals surface area contributed by atoms with Crippen LogP contribution in [-0.4, -0.2) is 43.9 Å². The minimum absolute atomic E-state index is 0.0486. The molecule has 1 amide bonds. The summed E-state index contributed by atoms with van der Waals surface area (Å²) in [7, 11) is 0. The molecule has 0 aliphatic rings. The first-order chi connectivity index (χ1) is 7.07. The van der Waals surface area contributed by atoms with Crippen LogP contribution < -0.4 is 5.32 Å². The maximum absolute atomic E-state index is 10.8. The van der Waals surface area contributed by atoms with Gasteiger partial charge in [-0.15, -0.1) is 0 Å². The van der Waals surface area contributed by atoms with Crippen LogP contribution in [0.4, 0.5) is 0 Å². The Bertz CT molecular complexity index is 209. The van der Waals surface area contributed by atoms with Crippen molar-refractivity contribution in [1.29, 1.82) is 0 Å². The third-order valence-corrected chi connectivity index (χ3v) is 5.01. The second-order valence-corrected chi connectivity index (χ2v) is 6.84. The van der Waals surface area contributed by atoms with Gasteiger partial charge in [-0.25, -0.2) is 0 Å². The van der Waals surface area contributed by atoms with Crippen LogP contribution in [-0.2, 0) is 9.59 Å². The van der Waals surface area contributed by atoms with Crippen LogP contribution in [0.1, 0.15) is 33.1 Å². The first-order valence-electron chi connectivity index (χ1n) is 5.15. The molecule has 0 radical (unpaired) electrons. The summed E-state index contributed by atoms with van der Waals surface area (Å²) in [6.45, 7) is 3.51. The Kier molecular flexibility index (Phi) is 8.83. The van der Waals surface area contributed by atoms with Crippen LogP contribution in [0.3, 0.4) is 0 Å². The molecule has 1 unspecified atom stereocenters. The normalized spacial score (nSPS) is 12.1. The number of hydrogen-bond acceptors (Lipinski definition) is 2. The number of carboxylic acid groups (broad SMARTS) is 1. The summed E-state index contributed by atoms with van der Waals surface area (Å²) in [6.07, 6.45) is 3.04. The van der Waals surface area contributed by atoms with Gasteiger partial charge in [0.2, 0.25) is 0 Å². The number of hydrogen-bond donors (Lipinski definition) is 2. The van der Waals surface area contributed by atoms with Crippen molar-refractivity contribution < 1.29 is 14.7 Å². The van der Waals surface area contributed by atoms with E-state index in [1.54, 1.807) is 0 Å². The molecule has 4 nitrogen and oxygen atoms in total. The third kappa shape index (κ3) is 8.71. The molecule has 0 aromatic heterocycles. The molecular formula is C10H19NO3Te. The van der Waals surface area contributed by atoms with Crippen molar-refractivity contribution in [3.8, 4) is 0 Å². The summed E-state index contributed by atoms with van der Waals surface area (Å²) in [6, 6.07) is -0.686. The quantitative estimate of drug-likeness (QED) is 0.521. The number of unbranched alkanes of at least 4 members (excludes halogenated alkanes) is 1. The zero-order chi connectivity index (χ0) is 11.7. The van der Waals surface area contributed by atoms with E-state index in [4.69, 9.17) is 5.11 Å². The predicted octanol–water partition coefficient (Wildman–Crippen LogP) is 1.31. The van der Waals surface area contributed by atoms with E-state index in [-0.39, 0.29) is 26.8 Å². The summed E-state index contributed by atoms with van der Waals surface area (Å²) in [5.41, 5.74) is 0. The Morgan fingerprint density at radius 1 is 1.40 bits per heavy atom. The van der Waals surface area contributed by atoms with Crippen molar-refractivity contribution in [2.24, 2.45) is 0 Å². The molecule has 0 aliphatic heterocycles. The molecule has 0 saturated carbocycles. The van der Waals surface area contributed by atoms with Gasteiger partial charge in [0.1, 0.15) is 0 Å². The summed E-state index contributed by atoms with van der Waals surface area (Å²) in [4.78, 5) is 21.5. The van der Waals surface area contributed by atoms with Crippen LogP contribution in [0.5, 0.6) is 0 Å². The van der Waals surface area contributed by atoms with E-state index in [2.05, 4.69) is 12.2 Å². The van der Waals surface area contributed by atoms with E-state index in [1.165, 1.54) is 24.2 Å². The fraction of sp³-hybridized carbons (Fsp3) is 0.800. The van der Waals surface area contributed by atoms with E-state index in [0.29, 0.717) is 6.42 Å². The van der Waals surface area contributed by atoms with E-state index in [1.807, 2.05) is 0 Å². The molecule has 0 aliphatic carbocycles. The Labute approximate surface area is 101 Å². The zero-order valence-corrected chi connectivity index (χ0v) is 11.6. The van der Waals surface area contributed by atoms with Gasteiger partial charge in [-0.05, 0) is 0 Å². The minimum atomic E-state index is -0.923. The van der Waals surface area contributed by atoms with Gasteiger partial charge in [-0.2, -0.15) is 0 Å². The van der Waals surface area contributed by atoms with Crippen LogP contribution in [0.2, 0.25) is 8.94 Å². The molecular weight excluding hydrogens is 310 g/mol. The number of nitrogens with one attached hydrogen (secondary N) is 1. The van der Waals surface area contributed by atoms with E-state index < -0.39 is 12.0 Å². The molecule has 0 rings (SSSR count). The molecule has 0 fully saturated rings. The Hall–Kier alpha value is -0.270. The SMILES string of the molecule is CCCC[Te]CCC(NC(C)=O)C(=O)O. The van der Waals surface area contributed by atoms with E-state index in [9.17, 15) is 9.59 Å². The number of carbonyl (C=O) groups is 2. The molecule has 0 heterocycles. The van der Waals surface area contributed by atoms with E-state index >= 15 is 0 Å². The number of amides is 1. The standard InChI is InChI=1S/C10H19NO3Te/c1-3-4-6-15-7-5-9(10(13)14)11-8(2)12/h9H,3-7H2,1-2H3,(H,11,12)(H,13,14). The van der Waals surface area contributed by atoms with Gasteiger partial charge in [0.25, 0.3) is 0 Å². The van der Waals surface area contributed by atoms with Crippen molar-refractivity contribution in [2.75, 3.05) is 0 Å². The van der Waals surface area contributed by atoms with Gasteiger partial charge >= 0.3 is 101 Å². The van der Waals surface area contributed by atoms with Gasteiger partial charge in [-0.3, -0.25) is 0 Å². The molecule has 0 saturated heterocycles. The second-order valence-electron chi connectivity index (χ2n) is 3.35. The average molecular weight is 329 g/mol. The van der Waals surface area contributed by atoms with Crippen molar-refractivity contribution >= 4 is 32.8 Å². The van der Waals surface area contributed by atoms with Gasteiger partial charge in [0.15, 0.2) is 0 Å². The fourth-order valence-corrected chi connectivity index (χ4v) is 4.19. The molecule has 0 aromatic carbocycles. The molecule has 0 bridgehead atoms. The van der Waals surface area contributed by atoms with Crippen LogP contribution >= 0.6 is 0 Å². The zero-order valence-electron chi connectivity index (χ0n) is 9.28. The van der Waals surface area contributed by atoms with Crippen molar-refractivity contribution in [1.82, 2.24) is 5.32 Å². The monoisotopic (exact) mass is 331 g/mol. The van der Waals surface area contributed by atoms with Crippen LogP contribution in [0, 0.1) is 0 Å². The van der Waals surface area contributed by atoms with E-state index in [0.717, 1.165) is 4.47 Å². The molecule has 0 spiro atoms. The van der Waals surface area contributed by atoms with Crippen LogP contribution in [0.15, 0.2) is 0 Å². The first kappa shape index (κ1) is 14.7. The summed E-state index contributed by atoms with van der Waals surface area (Å²) < 4.78 is 2.26. The van der Waals surface area contributed by atoms with Crippen LogP contribution in [0.25, 0.3) is 0 Å². The Morgan fingerprint density at radius 2 is 2.07 bits per heavy atom. The summed E-state index contributed by atoms with van der Waals surface area (Å²) in [5.74, 6) is -1.19. The average Bonchev–Trinajstić information content (AvgIpc) is 2.15. The van der Waals surface area contributed by atoms with Crippen molar-refractivity contribution in [3.05, 3.63) is 0 Å². The summed E-state index contributed by atoms with van der Waals surface area (Å²) >= 11 is -0.0486. The van der Waals surface area contributed by atoms with Gasteiger partial charge in [-0.1, -0.05) is 0 Å². The molecule has 2 N–H and O–H groups in total. The van der Waals surface area contributed by atoms with Crippen molar-refractivity contribution in [2.45, 2.75) is 48.1 Å². The fourth-order valence-electron chi connectivity index (χ4n) is 1.05. The van der Waals surface area contributed by atoms with Gasteiger partial charge < -0.3 is 0 Å². The number of aliphatic carboxylic acids is 1. The number of carbonyl (C=O) groups excluding carboxylic acids is 1. The molecule has 5 heteroatoms. The second kappa shape index (κ2) is 8.99. The molecule has 15 heavy (non-hydrogen) atoms. The predicted molar refractivity (Wildman–Crippen MR) is 60.1 cm³/mol. The number of carboxylic acids is 1. The third-order valence-electron chi connectivity index (χ3n) is 1.87. The summed E-state index contributed by atoms with van der Waals surface area (Å²) in [5, 5.41) is 11.3. The Balaban J connectivity index is 3.67. The van der Waals surface area contributed by atoms with Crippen molar-refractivity contribution in [3.63, 3.8) is 0 Å². The molecule has 1 atom stereocenters. The van der Waals surface area contributed by atoms with Gasteiger partial charge in [0, 0.05) is 0 Å². The Morgan fingerprint density at radius 3 is 2.53 bits per heavy atom.